The summed E-state index contributed by atoms with van der Waals surface area (Å²) in [5.74, 6) is -0.128. The van der Waals surface area contributed by atoms with Gasteiger partial charge in [0.05, 0.1) is 28.8 Å². The van der Waals surface area contributed by atoms with E-state index >= 15 is 0 Å². The molecule has 0 spiro atoms. The fourth-order valence-electron chi connectivity index (χ4n) is 2.67. The molecule has 3 rings (SSSR count). The van der Waals surface area contributed by atoms with Gasteiger partial charge < -0.3 is 20.5 Å². The number of urea groups is 1. The van der Waals surface area contributed by atoms with Gasteiger partial charge in [0, 0.05) is 44.3 Å². The molecular weight excluding hydrogens is 386 g/mol. The van der Waals surface area contributed by atoms with Gasteiger partial charge in [0.1, 0.15) is 5.82 Å². The number of anilines is 4. The van der Waals surface area contributed by atoms with Crippen molar-refractivity contribution in [1.82, 2.24) is 20.3 Å². The second-order valence-electron chi connectivity index (χ2n) is 6.24. The first-order valence-corrected chi connectivity index (χ1v) is 9.16. The fourth-order valence-corrected chi connectivity index (χ4v) is 2.67. The Morgan fingerprint density at radius 3 is 2.67 bits per heavy atom. The van der Waals surface area contributed by atoms with Crippen molar-refractivity contribution >= 4 is 34.8 Å². The zero-order chi connectivity index (χ0) is 21.5. The summed E-state index contributed by atoms with van der Waals surface area (Å²) in [6, 6.07) is 7.61. The molecule has 0 saturated carbocycles. The Bertz CT molecular complexity index is 1080. The van der Waals surface area contributed by atoms with E-state index < -0.39 is 11.9 Å². The van der Waals surface area contributed by atoms with E-state index in [1.165, 1.54) is 24.7 Å². The number of hydrogen-bond donors (Lipinski definition) is 4. The van der Waals surface area contributed by atoms with Crippen LogP contribution in [0, 0.1) is 0 Å². The number of nitrogens with zero attached hydrogens (tertiary/aromatic N) is 3. The quantitative estimate of drug-likeness (QED) is 0.496. The molecule has 0 unspecified atom stereocenters. The summed E-state index contributed by atoms with van der Waals surface area (Å²) in [5, 5.41) is 8.02. The summed E-state index contributed by atoms with van der Waals surface area (Å²) < 4.78 is 0. The van der Waals surface area contributed by atoms with E-state index in [0.717, 1.165) is 0 Å². The highest BCUT2D eigenvalue weighted by Gasteiger charge is 2.18. The lowest BCUT2D eigenvalue weighted by atomic mass is 10.1. The highest BCUT2D eigenvalue weighted by molar-refractivity contribution is 6.08. The van der Waals surface area contributed by atoms with Crippen LogP contribution in [0.3, 0.4) is 0 Å². The SMILES string of the molecule is CCNC(=O)Nc1cc(N(C)c2ccc(=O)[nH]c2)c(C(=O)Nc2cccnc2)cn1. The molecule has 10 heteroatoms. The summed E-state index contributed by atoms with van der Waals surface area (Å²) in [6.07, 6.45) is 6.04. The van der Waals surface area contributed by atoms with Crippen molar-refractivity contribution in [2.75, 3.05) is 29.1 Å². The average molecular weight is 407 g/mol. The van der Waals surface area contributed by atoms with E-state index in [1.807, 2.05) is 0 Å². The minimum atomic E-state index is -0.407. The number of pyridine rings is 3. The number of H-pyrrole nitrogens is 1. The minimum absolute atomic E-state index is 0.241. The van der Waals surface area contributed by atoms with Gasteiger partial charge in [-0.05, 0) is 25.1 Å². The summed E-state index contributed by atoms with van der Waals surface area (Å²) in [5.41, 5.74) is 1.68. The second kappa shape index (κ2) is 9.32. The van der Waals surface area contributed by atoms with Crippen LogP contribution in [0.15, 0.2) is 59.9 Å². The van der Waals surface area contributed by atoms with Crippen LogP contribution in [0.2, 0.25) is 0 Å². The lowest BCUT2D eigenvalue weighted by Crippen LogP contribution is -2.29. The minimum Gasteiger partial charge on any atom is -0.343 e. The van der Waals surface area contributed by atoms with E-state index in [2.05, 4.69) is 30.9 Å². The highest BCUT2D eigenvalue weighted by atomic mass is 16.2. The third-order valence-electron chi connectivity index (χ3n) is 4.14. The van der Waals surface area contributed by atoms with Crippen LogP contribution in [-0.4, -0.2) is 40.5 Å². The molecule has 0 atom stereocenters. The number of hydrogen-bond acceptors (Lipinski definition) is 6. The molecule has 0 aromatic carbocycles. The first kappa shape index (κ1) is 20.5. The predicted molar refractivity (Wildman–Crippen MR) is 114 cm³/mol. The van der Waals surface area contributed by atoms with Gasteiger partial charge in [-0.3, -0.25) is 19.9 Å². The van der Waals surface area contributed by atoms with E-state index in [-0.39, 0.29) is 16.9 Å². The van der Waals surface area contributed by atoms with Crippen molar-refractivity contribution < 1.29 is 9.59 Å². The molecule has 0 aliphatic rings. The Kier molecular flexibility index (Phi) is 6.38. The maximum absolute atomic E-state index is 12.9. The third-order valence-corrected chi connectivity index (χ3v) is 4.14. The molecule has 154 valence electrons. The first-order valence-electron chi connectivity index (χ1n) is 9.16. The maximum atomic E-state index is 12.9. The summed E-state index contributed by atoms with van der Waals surface area (Å²) in [6.45, 7) is 2.26. The van der Waals surface area contributed by atoms with E-state index in [9.17, 15) is 14.4 Å². The molecule has 4 N–H and O–H groups in total. The lowest BCUT2D eigenvalue weighted by Gasteiger charge is -2.22. The van der Waals surface area contributed by atoms with Crippen LogP contribution in [-0.2, 0) is 0 Å². The molecule has 0 aliphatic heterocycles. The maximum Gasteiger partial charge on any atom is 0.320 e. The average Bonchev–Trinajstić information content (AvgIpc) is 2.74. The Balaban J connectivity index is 1.97. The number of nitrogens with one attached hydrogen (secondary N) is 4. The monoisotopic (exact) mass is 407 g/mol. The summed E-state index contributed by atoms with van der Waals surface area (Å²) >= 11 is 0. The van der Waals surface area contributed by atoms with Gasteiger partial charge in [0.25, 0.3) is 5.91 Å². The molecule has 10 nitrogen and oxygen atoms in total. The largest absolute Gasteiger partial charge is 0.343 e. The number of carbonyl (C=O) groups is 2. The number of amides is 3. The summed E-state index contributed by atoms with van der Waals surface area (Å²) in [4.78, 5) is 48.6. The molecule has 0 fully saturated rings. The molecule has 0 aliphatic carbocycles. The van der Waals surface area contributed by atoms with E-state index in [0.29, 0.717) is 23.6 Å². The van der Waals surface area contributed by atoms with E-state index in [4.69, 9.17) is 0 Å². The standard InChI is InChI=1S/C20H21N7O3/c1-3-22-20(30)26-17-9-16(27(2)14-6-7-18(28)24-11-14)15(12-23-17)19(29)25-13-5-4-8-21-10-13/h4-12H,3H2,1-2H3,(H,24,28)(H,25,29)(H2,22,23,26,30). The third kappa shape index (κ3) is 4.98. The highest BCUT2D eigenvalue weighted by Crippen LogP contribution is 2.28. The lowest BCUT2D eigenvalue weighted by molar-refractivity contribution is 0.102. The number of carbonyl (C=O) groups excluding carboxylic acids is 2. The molecule has 3 aromatic heterocycles. The van der Waals surface area contributed by atoms with Crippen molar-refractivity contribution in [1.29, 1.82) is 0 Å². The van der Waals surface area contributed by atoms with Crippen LogP contribution in [0.5, 0.6) is 0 Å². The van der Waals surface area contributed by atoms with Crippen molar-refractivity contribution in [2.45, 2.75) is 6.92 Å². The normalized spacial score (nSPS) is 10.2. The van der Waals surface area contributed by atoms with Gasteiger partial charge in [0.15, 0.2) is 0 Å². The van der Waals surface area contributed by atoms with Crippen molar-refractivity contribution in [3.8, 4) is 0 Å². The smallest absolute Gasteiger partial charge is 0.320 e. The number of aromatic nitrogens is 3. The molecule has 0 saturated heterocycles. The van der Waals surface area contributed by atoms with Crippen LogP contribution in [0.1, 0.15) is 17.3 Å². The molecule has 3 amide bonds. The zero-order valence-electron chi connectivity index (χ0n) is 16.5. The first-order chi connectivity index (χ1) is 14.5. The fraction of sp³-hybridized carbons (Fsp3) is 0.150. The Hall–Kier alpha value is -4.21. The molecule has 30 heavy (non-hydrogen) atoms. The van der Waals surface area contributed by atoms with Gasteiger partial charge in [-0.1, -0.05) is 0 Å². The molecule has 0 bridgehead atoms. The van der Waals surface area contributed by atoms with E-state index in [1.54, 1.807) is 49.3 Å². The summed E-state index contributed by atoms with van der Waals surface area (Å²) in [7, 11) is 1.74. The van der Waals surface area contributed by atoms with Crippen molar-refractivity contribution in [2.24, 2.45) is 0 Å². The predicted octanol–water partition coefficient (Wildman–Crippen LogP) is 2.33. The number of rotatable bonds is 6. The van der Waals surface area contributed by atoms with Crippen LogP contribution in [0.25, 0.3) is 0 Å². The van der Waals surface area contributed by atoms with Crippen LogP contribution < -0.4 is 26.4 Å². The van der Waals surface area contributed by atoms with Gasteiger partial charge in [-0.2, -0.15) is 0 Å². The van der Waals surface area contributed by atoms with Gasteiger partial charge >= 0.3 is 6.03 Å². The van der Waals surface area contributed by atoms with Gasteiger partial charge in [0.2, 0.25) is 5.56 Å². The van der Waals surface area contributed by atoms with Crippen molar-refractivity contribution in [3.63, 3.8) is 0 Å². The molecule has 3 heterocycles. The zero-order valence-corrected chi connectivity index (χ0v) is 16.5. The topological polar surface area (TPSA) is 132 Å². The van der Waals surface area contributed by atoms with Gasteiger partial charge in [-0.25, -0.2) is 9.78 Å². The molecular formula is C20H21N7O3. The van der Waals surface area contributed by atoms with Gasteiger partial charge in [-0.15, -0.1) is 0 Å². The van der Waals surface area contributed by atoms with Crippen LogP contribution >= 0.6 is 0 Å². The Morgan fingerprint density at radius 1 is 1.17 bits per heavy atom. The number of aromatic amines is 1. The Labute approximate surface area is 172 Å². The van der Waals surface area contributed by atoms with Crippen molar-refractivity contribution in [3.05, 3.63) is 71.0 Å². The second-order valence-corrected chi connectivity index (χ2v) is 6.24. The Morgan fingerprint density at radius 2 is 2.00 bits per heavy atom. The molecule has 3 aromatic rings. The van der Waals surface area contributed by atoms with Crippen LogP contribution in [0.4, 0.5) is 27.7 Å². The molecule has 0 radical (unpaired) electrons.